The van der Waals surface area contributed by atoms with Crippen LogP contribution in [0.25, 0.3) is 0 Å². The fourth-order valence-corrected chi connectivity index (χ4v) is 3.98. The van der Waals surface area contributed by atoms with Crippen molar-refractivity contribution < 1.29 is 18.7 Å². The molecule has 1 aromatic heterocycles. The van der Waals surface area contributed by atoms with Gasteiger partial charge in [0.25, 0.3) is 5.91 Å². The van der Waals surface area contributed by atoms with Gasteiger partial charge in [-0.2, -0.15) is 4.39 Å². The molecule has 0 bridgehead atoms. The zero-order valence-corrected chi connectivity index (χ0v) is 14.6. The van der Waals surface area contributed by atoms with Crippen molar-refractivity contribution in [3.05, 3.63) is 53.1 Å². The van der Waals surface area contributed by atoms with E-state index in [1.165, 1.54) is 19.4 Å². The van der Waals surface area contributed by atoms with Crippen LogP contribution in [0.3, 0.4) is 0 Å². The largest absolute Gasteiger partial charge is 0.494 e. The smallest absolute Gasteiger partial charge is 0.329 e. The molecule has 1 N–H and O–H groups in total. The van der Waals surface area contributed by atoms with Gasteiger partial charge in [0.15, 0.2) is 5.69 Å². The monoisotopic (exact) mass is 375 g/mol. The molecule has 1 aliphatic heterocycles. The first-order valence-corrected chi connectivity index (χ1v) is 8.44. The van der Waals surface area contributed by atoms with E-state index in [-0.39, 0.29) is 17.4 Å². The molecular weight excluding hydrogens is 361 g/mol. The van der Waals surface area contributed by atoms with E-state index < -0.39 is 23.4 Å². The lowest BCUT2D eigenvalue weighted by molar-refractivity contribution is -0.125. The number of urea groups is 1. The number of carbonyl (C=O) groups excluding carboxylic acids is 2. The molecule has 0 unspecified atom stereocenters. The lowest BCUT2D eigenvalue weighted by atomic mass is 9.65. The Morgan fingerprint density at radius 1 is 1.31 bits per heavy atom. The van der Waals surface area contributed by atoms with Gasteiger partial charge in [-0.1, -0.05) is 29.8 Å². The number of rotatable bonds is 3. The molecule has 8 heteroatoms. The van der Waals surface area contributed by atoms with Gasteiger partial charge in [0.1, 0.15) is 11.3 Å². The van der Waals surface area contributed by atoms with Crippen LogP contribution in [0.5, 0.6) is 5.75 Å². The average molecular weight is 376 g/mol. The minimum absolute atomic E-state index is 0.0496. The lowest BCUT2D eigenvalue weighted by Gasteiger charge is -2.43. The molecule has 3 amide bonds. The van der Waals surface area contributed by atoms with Crippen LogP contribution in [0, 0.1) is 5.95 Å². The van der Waals surface area contributed by atoms with E-state index in [9.17, 15) is 14.0 Å². The Bertz CT molecular complexity index is 914. The molecule has 134 valence electrons. The molecule has 2 aliphatic rings. The molecule has 26 heavy (non-hydrogen) atoms. The Kier molecular flexibility index (Phi) is 3.84. The van der Waals surface area contributed by atoms with E-state index >= 15 is 0 Å². The van der Waals surface area contributed by atoms with Crippen molar-refractivity contribution in [1.29, 1.82) is 0 Å². The summed E-state index contributed by atoms with van der Waals surface area (Å²) in [6, 6.07) is 8.13. The molecule has 4 rings (SSSR count). The standard InChI is InChI=1S/C18H15ClFN3O3/c1-26-13-6-7-21-15(20)14(13)23-16(24)18(22-17(23)25)8-10(9-18)11-4-2-3-5-12(11)19/h2-7,10H,8-9H2,1H3,(H,22,25). The van der Waals surface area contributed by atoms with Crippen molar-refractivity contribution in [3.63, 3.8) is 0 Å². The molecule has 2 heterocycles. The Morgan fingerprint density at radius 3 is 2.73 bits per heavy atom. The van der Waals surface area contributed by atoms with Crippen molar-refractivity contribution in [2.24, 2.45) is 0 Å². The fourth-order valence-electron chi connectivity index (χ4n) is 3.69. The normalized spacial score (nSPS) is 24.6. The van der Waals surface area contributed by atoms with E-state index in [1.807, 2.05) is 18.2 Å². The first kappa shape index (κ1) is 16.8. The van der Waals surface area contributed by atoms with Crippen LogP contribution < -0.4 is 15.0 Å². The summed E-state index contributed by atoms with van der Waals surface area (Å²) in [5.74, 6) is -1.32. The summed E-state index contributed by atoms with van der Waals surface area (Å²) in [6.07, 6.45) is 2.02. The number of imide groups is 1. The van der Waals surface area contributed by atoms with Crippen molar-refractivity contribution in [1.82, 2.24) is 10.3 Å². The van der Waals surface area contributed by atoms with Gasteiger partial charge in [-0.05, 0) is 30.4 Å². The number of anilines is 1. The summed E-state index contributed by atoms with van der Waals surface area (Å²) in [5.41, 5.74) is -0.380. The molecule has 2 aromatic rings. The highest BCUT2D eigenvalue weighted by Crippen LogP contribution is 2.50. The lowest BCUT2D eigenvalue weighted by Crippen LogP contribution is -2.56. The van der Waals surface area contributed by atoms with E-state index in [0.29, 0.717) is 17.9 Å². The quantitative estimate of drug-likeness (QED) is 0.660. The first-order valence-electron chi connectivity index (χ1n) is 8.06. The number of hydrogen-bond acceptors (Lipinski definition) is 4. The number of pyridine rings is 1. The molecule has 1 spiro atoms. The molecular formula is C18H15ClFN3O3. The van der Waals surface area contributed by atoms with Crippen LogP contribution in [-0.4, -0.2) is 29.6 Å². The fraction of sp³-hybridized carbons (Fsp3) is 0.278. The Morgan fingerprint density at radius 2 is 2.04 bits per heavy atom. The molecule has 1 aromatic carbocycles. The van der Waals surface area contributed by atoms with E-state index in [4.69, 9.17) is 16.3 Å². The molecule has 1 saturated carbocycles. The van der Waals surface area contributed by atoms with Crippen molar-refractivity contribution in [2.75, 3.05) is 12.0 Å². The van der Waals surface area contributed by atoms with Crippen molar-refractivity contribution in [3.8, 4) is 5.75 Å². The zero-order chi connectivity index (χ0) is 18.5. The van der Waals surface area contributed by atoms with E-state index in [1.54, 1.807) is 6.07 Å². The maximum atomic E-state index is 14.2. The number of ether oxygens (including phenoxy) is 1. The third-order valence-electron chi connectivity index (χ3n) is 4.98. The van der Waals surface area contributed by atoms with Crippen molar-refractivity contribution >= 4 is 29.2 Å². The van der Waals surface area contributed by atoms with Gasteiger partial charge < -0.3 is 10.1 Å². The van der Waals surface area contributed by atoms with E-state index in [2.05, 4.69) is 10.3 Å². The maximum absolute atomic E-state index is 14.2. The second kappa shape index (κ2) is 5.95. The van der Waals surface area contributed by atoms with Crippen LogP contribution in [0.1, 0.15) is 24.3 Å². The topological polar surface area (TPSA) is 71.5 Å². The number of nitrogens with zero attached hydrogens (tertiary/aromatic N) is 2. The molecule has 2 fully saturated rings. The highest BCUT2D eigenvalue weighted by atomic mass is 35.5. The van der Waals surface area contributed by atoms with Gasteiger partial charge >= 0.3 is 6.03 Å². The SMILES string of the molecule is COc1ccnc(F)c1N1C(=O)NC2(CC(c3ccccc3Cl)C2)C1=O. The minimum Gasteiger partial charge on any atom is -0.494 e. The summed E-state index contributed by atoms with van der Waals surface area (Å²) in [6.45, 7) is 0. The average Bonchev–Trinajstić information content (AvgIpc) is 2.85. The predicted octanol–water partition coefficient (Wildman–Crippen LogP) is 3.26. The number of nitrogens with one attached hydrogen (secondary N) is 1. The molecule has 1 saturated heterocycles. The van der Waals surface area contributed by atoms with Gasteiger partial charge in [-0.25, -0.2) is 14.7 Å². The molecule has 1 aliphatic carbocycles. The highest BCUT2D eigenvalue weighted by molar-refractivity contribution is 6.31. The Labute approximate surface area is 153 Å². The number of amides is 3. The summed E-state index contributed by atoms with van der Waals surface area (Å²) in [4.78, 5) is 29.7. The van der Waals surface area contributed by atoms with Gasteiger partial charge in [0.05, 0.1) is 7.11 Å². The summed E-state index contributed by atoms with van der Waals surface area (Å²) in [5, 5.41) is 3.33. The number of methoxy groups -OCH3 is 1. The second-order valence-electron chi connectivity index (χ2n) is 6.43. The number of aromatic nitrogens is 1. The van der Waals surface area contributed by atoms with Crippen LogP contribution in [0.15, 0.2) is 36.5 Å². The predicted molar refractivity (Wildman–Crippen MR) is 92.9 cm³/mol. The molecule has 0 radical (unpaired) electrons. The summed E-state index contributed by atoms with van der Waals surface area (Å²) in [7, 11) is 1.34. The van der Waals surface area contributed by atoms with Gasteiger partial charge in [-0.3, -0.25) is 4.79 Å². The summed E-state index contributed by atoms with van der Waals surface area (Å²) >= 11 is 6.22. The minimum atomic E-state index is -1.05. The summed E-state index contributed by atoms with van der Waals surface area (Å²) < 4.78 is 19.3. The van der Waals surface area contributed by atoms with Gasteiger partial charge in [-0.15, -0.1) is 0 Å². The number of benzene rings is 1. The van der Waals surface area contributed by atoms with Gasteiger partial charge in [0.2, 0.25) is 5.95 Å². The van der Waals surface area contributed by atoms with Crippen LogP contribution in [-0.2, 0) is 4.79 Å². The second-order valence-corrected chi connectivity index (χ2v) is 6.84. The third-order valence-corrected chi connectivity index (χ3v) is 5.33. The number of halogens is 2. The van der Waals surface area contributed by atoms with E-state index in [0.717, 1.165) is 10.5 Å². The number of carbonyl (C=O) groups is 2. The van der Waals surface area contributed by atoms with Gasteiger partial charge in [0, 0.05) is 17.3 Å². The van der Waals surface area contributed by atoms with Crippen molar-refractivity contribution in [2.45, 2.75) is 24.3 Å². The molecule has 6 nitrogen and oxygen atoms in total. The third kappa shape index (κ3) is 2.34. The molecule has 0 atom stereocenters. The van der Waals surface area contributed by atoms with Crippen LogP contribution in [0.4, 0.5) is 14.9 Å². The number of hydrogen-bond donors (Lipinski definition) is 1. The Hall–Kier alpha value is -2.67. The van der Waals surface area contributed by atoms with Crippen LogP contribution in [0.2, 0.25) is 5.02 Å². The zero-order valence-electron chi connectivity index (χ0n) is 13.8. The Balaban J connectivity index is 1.63. The van der Waals surface area contributed by atoms with Crippen LogP contribution >= 0.6 is 11.6 Å². The highest BCUT2D eigenvalue weighted by Gasteiger charge is 2.60. The maximum Gasteiger partial charge on any atom is 0.329 e. The first-order chi connectivity index (χ1) is 12.5.